The van der Waals surface area contributed by atoms with Crippen LogP contribution in [0.25, 0.3) is 0 Å². The van der Waals surface area contributed by atoms with Gasteiger partial charge in [0.05, 0.1) is 0 Å². The summed E-state index contributed by atoms with van der Waals surface area (Å²) in [6, 6.07) is 34.3. The molecule has 0 aromatic heterocycles. The van der Waals surface area contributed by atoms with Crippen molar-refractivity contribution in [2.24, 2.45) is 0 Å². The molecule has 140 valence electrons. The fourth-order valence-corrected chi connectivity index (χ4v) is 11.4. The monoisotopic (exact) mass is 374 g/mol. The van der Waals surface area contributed by atoms with Crippen molar-refractivity contribution < 1.29 is 0 Å². The SMILES string of the molecule is CC[PH](c1ccccc1)(c1ccccc1)C1CCCCC1c1ccccc1. The van der Waals surface area contributed by atoms with Crippen LogP contribution in [-0.2, 0) is 0 Å². The zero-order valence-corrected chi connectivity index (χ0v) is 17.4. The Balaban J connectivity index is 1.89. The maximum absolute atomic E-state index is 2.45. The average Bonchev–Trinajstić information content (AvgIpc) is 2.77. The van der Waals surface area contributed by atoms with Crippen molar-refractivity contribution >= 4 is 17.9 Å². The Morgan fingerprint density at radius 2 is 1.15 bits per heavy atom. The molecule has 0 aliphatic heterocycles. The Hall–Kier alpha value is -1.91. The molecule has 0 radical (unpaired) electrons. The first-order valence-corrected chi connectivity index (χ1v) is 12.8. The van der Waals surface area contributed by atoms with Gasteiger partial charge in [0.15, 0.2) is 0 Å². The number of hydrogen-bond donors (Lipinski definition) is 0. The third-order valence-corrected chi connectivity index (χ3v) is 12.6. The van der Waals surface area contributed by atoms with Crippen molar-refractivity contribution in [3.8, 4) is 0 Å². The number of rotatable bonds is 5. The summed E-state index contributed by atoms with van der Waals surface area (Å²) in [4.78, 5) is 0. The van der Waals surface area contributed by atoms with Gasteiger partial charge < -0.3 is 0 Å². The maximum atomic E-state index is 2.45. The summed E-state index contributed by atoms with van der Waals surface area (Å²) < 4.78 is 0. The van der Waals surface area contributed by atoms with Crippen LogP contribution in [0.4, 0.5) is 0 Å². The normalized spacial score (nSPS) is 20.9. The van der Waals surface area contributed by atoms with Crippen LogP contribution in [-0.4, -0.2) is 11.8 Å². The van der Waals surface area contributed by atoms with Gasteiger partial charge in [-0.3, -0.25) is 0 Å². The molecule has 1 fully saturated rings. The van der Waals surface area contributed by atoms with Crippen LogP contribution in [0.5, 0.6) is 0 Å². The first kappa shape index (κ1) is 18.5. The molecule has 1 aliphatic carbocycles. The van der Waals surface area contributed by atoms with Crippen molar-refractivity contribution in [2.75, 3.05) is 6.16 Å². The van der Waals surface area contributed by atoms with E-state index in [1.54, 1.807) is 16.2 Å². The van der Waals surface area contributed by atoms with Crippen LogP contribution in [0.1, 0.15) is 44.1 Å². The van der Waals surface area contributed by atoms with E-state index in [1.807, 2.05) is 0 Å². The Morgan fingerprint density at radius 1 is 0.667 bits per heavy atom. The fraction of sp³-hybridized carbons (Fsp3) is 0.308. The van der Waals surface area contributed by atoms with Crippen molar-refractivity contribution in [2.45, 2.75) is 44.2 Å². The molecule has 0 nitrogen and oxygen atoms in total. The van der Waals surface area contributed by atoms with Crippen LogP contribution in [0.15, 0.2) is 91.0 Å². The predicted octanol–water partition coefficient (Wildman–Crippen LogP) is 6.13. The van der Waals surface area contributed by atoms with E-state index in [2.05, 4.69) is 97.9 Å². The molecule has 0 bridgehead atoms. The molecule has 1 saturated carbocycles. The van der Waals surface area contributed by atoms with Crippen LogP contribution < -0.4 is 10.6 Å². The third kappa shape index (κ3) is 3.48. The quantitative estimate of drug-likeness (QED) is 0.471. The van der Waals surface area contributed by atoms with E-state index in [0.717, 1.165) is 5.66 Å². The van der Waals surface area contributed by atoms with Crippen LogP contribution in [0.3, 0.4) is 0 Å². The molecule has 3 aromatic carbocycles. The van der Waals surface area contributed by atoms with Crippen molar-refractivity contribution in [1.82, 2.24) is 0 Å². The predicted molar refractivity (Wildman–Crippen MR) is 122 cm³/mol. The summed E-state index contributed by atoms with van der Waals surface area (Å²) in [5.74, 6) is 0.687. The van der Waals surface area contributed by atoms with E-state index in [4.69, 9.17) is 0 Å². The summed E-state index contributed by atoms with van der Waals surface area (Å²) in [6.07, 6.45) is 6.72. The standard InChI is InChI=1S/C26H31P/c1-2-27(23-16-8-4-9-17-23,24-18-10-5-11-19-24)26-21-13-12-20-25(26)22-14-6-3-7-15-22/h3-11,14-19,25-27H,2,12-13,20-21H2,1H3. The zero-order valence-electron chi connectivity index (χ0n) is 16.4. The zero-order chi connectivity index (χ0) is 18.5. The first-order valence-electron chi connectivity index (χ1n) is 10.5. The second-order valence-electron chi connectivity index (χ2n) is 7.97. The second kappa shape index (κ2) is 8.41. The van der Waals surface area contributed by atoms with E-state index in [1.165, 1.54) is 31.8 Å². The number of benzene rings is 3. The topological polar surface area (TPSA) is 0 Å². The Morgan fingerprint density at radius 3 is 1.67 bits per heavy atom. The molecule has 1 heteroatoms. The van der Waals surface area contributed by atoms with Gasteiger partial charge in [0.2, 0.25) is 0 Å². The van der Waals surface area contributed by atoms with Crippen LogP contribution >= 0.6 is 7.26 Å². The van der Waals surface area contributed by atoms with E-state index in [-0.39, 0.29) is 0 Å². The molecule has 0 amide bonds. The Kier molecular flexibility index (Phi) is 5.74. The summed E-state index contributed by atoms with van der Waals surface area (Å²) in [7, 11) is -1.87. The summed E-state index contributed by atoms with van der Waals surface area (Å²) in [5, 5.41) is 3.23. The van der Waals surface area contributed by atoms with E-state index in [9.17, 15) is 0 Å². The molecular weight excluding hydrogens is 343 g/mol. The van der Waals surface area contributed by atoms with Gasteiger partial charge in [0.25, 0.3) is 0 Å². The van der Waals surface area contributed by atoms with E-state index in [0.29, 0.717) is 5.92 Å². The van der Waals surface area contributed by atoms with E-state index >= 15 is 0 Å². The van der Waals surface area contributed by atoms with Gasteiger partial charge in [0.1, 0.15) is 0 Å². The first-order chi connectivity index (χ1) is 13.4. The molecule has 27 heavy (non-hydrogen) atoms. The van der Waals surface area contributed by atoms with Gasteiger partial charge in [-0.05, 0) is 0 Å². The summed E-state index contributed by atoms with van der Waals surface area (Å²) in [6.45, 7) is 2.45. The van der Waals surface area contributed by atoms with Gasteiger partial charge in [-0.2, -0.15) is 0 Å². The van der Waals surface area contributed by atoms with Gasteiger partial charge in [-0.1, -0.05) is 0 Å². The molecule has 2 unspecified atom stereocenters. The summed E-state index contributed by atoms with van der Waals surface area (Å²) >= 11 is 0. The molecular formula is C26H31P. The Bertz CT molecular complexity index is 786. The average molecular weight is 375 g/mol. The molecule has 0 saturated heterocycles. The van der Waals surface area contributed by atoms with Gasteiger partial charge >= 0.3 is 165 Å². The Labute approximate surface area is 165 Å². The summed E-state index contributed by atoms with van der Waals surface area (Å²) in [5.41, 5.74) is 2.32. The van der Waals surface area contributed by atoms with Crippen molar-refractivity contribution in [3.63, 3.8) is 0 Å². The third-order valence-electron chi connectivity index (χ3n) is 6.76. The molecule has 0 heterocycles. The second-order valence-corrected chi connectivity index (χ2v) is 12.5. The van der Waals surface area contributed by atoms with Gasteiger partial charge in [-0.15, -0.1) is 0 Å². The van der Waals surface area contributed by atoms with Gasteiger partial charge in [0, 0.05) is 0 Å². The van der Waals surface area contributed by atoms with Crippen molar-refractivity contribution in [3.05, 3.63) is 96.6 Å². The fourth-order valence-electron chi connectivity index (χ4n) is 5.56. The minimum atomic E-state index is -1.87. The van der Waals surface area contributed by atoms with Gasteiger partial charge in [-0.25, -0.2) is 0 Å². The van der Waals surface area contributed by atoms with Crippen LogP contribution in [0, 0.1) is 0 Å². The van der Waals surface area contributed by atoms with Crippen molar-refractivity contribution in [1.29, 1.82) is 0 Å². The molecule has 2 atom stereocenters. The number of hydrogen-bond acceptors (Lipinski definition) is 0. The van der Waals surface area contributed by atoms with E-state index < -0.39 is 7.26 Å². The molecule has 1 aliphatic rings. The molecule has 0 N–H and O–H groups in total. The van der Waals surface area contributed by atoms with Crippen LogP contribution in [0.2, 0.25) is 0 Å². The molecule has 3 aromatic rings. The molecule has 0 spiro atoms. The molecule has 4 rings (SSSR count). The minimum absolute atomic E-state index is 0.687.